The molecule has 0 radical (unpaired) electrons. The van der Waals surface area contributed by atoms with E-state index in [0.717, 1.165) is 60.2 Å². The Kier molecular flexibility index (Phi) is 39.3. The Morgan fingerprint density at radius 3 is 1.20 bits per heavy atom. The van der Waals surface area contributed by atoms with Crippen LogP contribution in [-0.4, -0.2) is 68.7 Å². The van der Waals surface area contributed by atoms with Gasteiger partial charge in [-0.2, -0.15) is 25.3 Å². The van der Waals surface area contributed by atoms with E-state index >= 15 is 0 Å². The predicted octanol–water partition coefficient (Wildman–Crippen LogP) is 6.28. The topological polar surface area (TPSA) is 133 Å². The summed E-state index contributed by atoms with van der Waals surface area (Å²) in [4.78, 5) is 43.5. The Hall–Kier alpha value is -0.621. The fraction of sp³-hybridized carbons (Fsp3) is 0.882. The van der Waals surface area contributed by atoms with Crippen molar-refractivity contribution >= 4 is 70.3 Å². The van der Waals surface area contributed by atoms with Gasteiger partial charge in [-0.15, -0.1) is 0 Å². The van der Waals surface area contributed by atoms with Crippen LogP contribution in [0.1, 0.15) is 144 Å². The molecule has 0 saturated carbocycles. The molecule has 0 aliphatic rings. The second-order valence-electron chi connectivity index (χ2n) is 11.4. The maximum atomic E-state index is 11.3. The minimum atomic E-state index is -1.04. The summed E-state index contributed by atoms with van der Waals surface area (Å²) in [6, 6.07) is 0. The molecule has 8 nitrogen and oxygen atoms in total. The van der Waals surface area contributed by atoms with E-state index < -0.39 is 43.6 Å². The molecule has 0 aromatic rings. The second-order valence-corrected chi connectivity index (χ2v) is 16.9. The zero-order valence-electron chi connectivity index (χ0n) is 29.1. The summed E-state index contributed by atoms with van der Waals surface area (Å²) in [5.41, 5.74) is 0. The molecule has 0 rings (SSSR count). The van der Waals surface area contributed by atoms with Gasteiger partial charge in [-0.05, 0) is 24.7 Å². The van der Waals surface area contributed by atoms with E-state index in [4.69, 9.17) is 9.47 Å². The van der Waals surface area contributed by atoms with Gasteiger partial charge >= 0.3 is 127 Å². The number of aliphatic carboxylic acids is 2. The molecule has 0 aromatic carbocycles. The molecule has 0 N–H and O–H groups in total. The molecular formula is C34H64O8S2Sn. The van der Waals surface area contributed by atoms with Gasteiger partial charge in [0.2, 0.25) is 0 Å². The van der Waals surface area contributed by atoms with Crippen molar-refractivity contribution in [3.8, 4) is 0 Å². The Bertz CT molecular complexity index is 668. The van der Waals surface area contributed by atoms with Crippen molar-refractivity contribution < 1.29 is 38.9 Å². The number of carbonyl (C=O) groups excluding carboxylic acids is 4. The van der Waals surface area contributed by atoms with Crippen molar-refractivity contribution in [2.75, 3.05) is 13.2 Å². The number of hydrogen-bond donors (Lipinski definition) is 2. The number of carbonyl (C=O) groups is 4. The van der Waals surface area contributed by atoms with Gasteiger partial charge in [0.15, 0.2) is 0 Å². The normalized spacial score (nSPS) is 13.0. The zero-order valence-corrected chi connectivity index (χ0v) is 33.8. The monoisotopic (exact) mass is 784 g/mol. The summed E-state index contributed by atoms with van der Waals surface area (Å²) < 4.78 is 12.1. The fourth-order valence-corrected chi connectivity index (χ4v) is 7.58. The van der Waals surface area contributed by atoms with Crippen LogP contribution in [0.2, 0.25) is 8.87 Å². The summed E-state index contributed by atoms with van der Waals surface area (Å²) in [6.07, 6.45) is 15.3. The van der Waals surface area contributed by atoms with Gasteiger partial charge in [-0.3, -0.25) is 0 Å². The number of esters is 2. The van der Waals surface area contributed by atoms with E-state index in [1.165, 1.54) is 25.7 Å². The molecule has 4 atom stereocenters. The predicted molar refractivity (Wildman–Crippen MR) is 188 cm³/mol. The third-order valence-corrected chi connectivity index (χ3v) is 11.6. The average molecular weight is 784 g/mol. The molecule has 0 saturated heterocycles. The van der Waals surface area contributed by atoms with Crippen molar-refractivity contribution in [2.24, 2.45) is 11.8 Å². The summed E-state index contributed by atoms with van der Waals surface area (Å²) in [7, 11) is 0. The SMILES string of the molecule is CCCCC(CC)CC(S)C(=O)[O-].CCCCC(CC)CC(S)C(=O)[O-].CCCCOC(=O)C[CH2][Sn+2][CH2]CC(=O)OCCCC. The Morgan fingerprint density at radius 2 is 0.933 bits per heavy atom. The van der Waals surface area contributed by atoms with Gasteiger partial charge in [0, 0.05) is 10.5 Å². The van der Waals surface area contributed by atoms with Crippen LogP contribution in [-0.2, 0) is 28.7 Å². The fourth-order valence-electron chi connectivity index (χ4n) is 4.10. The van der Waals surface area contributed by atoms with E-state index in [1.807, 2.05) is 0 Å². The molecule has 0 aliphatic heterocycles. The molecule has 0 fully saturated rings. The summed E-state index contributed by atoms with van der Waals surface area (Å²) in [5.74, 6) is -1.28. The van der Waals surface area contributed by atoms with Gasteiger partial charge in [-0.25, -0.2) is 0 Å². The van der Waals surface area contributed by atoms with Crippen molar-refractivity contribution in [3.63, 3.8) is 0 Å². The van der Waals surface area contributed by atoms with E-state index in [0.29, 0.717) is 50.7 Å². The number of hydrogen-bond acceptors (Lipinski definition) is 10. The van der Waals surface area contributed by atoms with Gasteiger partial charge in [0.05, 0.1) is 11.9 Å². The molecular weight excluding hydrogens is 719 g/mol. The van der Waals surface area contributed by atoms with Crippen LogP contribution in [0.3, 0.4) is 0 Å². The molecule has 4 unspecified atom stereocenters. The molecule has 45 heavy (non-hydrogen) atoms. The van der Waals surface area contributed by atoms with E-state index in [1.54, 1.807) is 0 Å². The van der Waals surface area contributed by atoms with E-state index in [2.05, 4.69) is 66.8 Å². The standard InChI is InChI=1S/2C10H20O2S.2C7H13O2.Sn/c2*1-3-5-6-8(4-2)7-9(13)10(11)12;2*1-3-5-6-9-7(8)4-2;/h2*8-9,13H,3-7H2,1-2H3,(H,11,12);2*2-6H2,1H3;/q;;;;+2/p-2. The number of ether oxygens (including phenoxy) is 2. The molecule has 0 amide bonds. The van der Waals surface area contributed by atoms with E-state index in [-0.39, 0.29) is 11.9 Å². The third kappa shape index (κ3) is 36.1. The van der Waals surface area contributed by atoms with Crippen LogP contribution in [0.15, 0.2) is 0 Å². The van der Waals surface area contributed by atoms with Gasteiger partial charge in [-0.1, -0.05) is 79.1 Å². The molecule has 0 heterocycles. The molecule has 0 bridgehead atoms. The average Bonchev–Trinajstić information content (AvgIpc) is 3.01. The van der Waals surface area contributed by atoms with Crippen molar-refractivity contribution in [3.05, 3.63) is 0 Å². The first kappa shape index (κ1) is 48.8. The Balaban J connectivity index is -0.000000606. The number of unbranched alkanes of at least 4 members (excludes halogenated alkanes) is 4. The maximum absolute atomic E-state index is 11.3. The Morgan fingerprint density at radius 1 is 0.600 bits per heavy atom. The first-order valence-corrected chi connectivity index (χ1v) is 22.3. The first-order chi connectivity index (χ1) is 21.4. The molecule has 264 valence electrons. The van der Waals surface area contributed by atoms with Crippen LogP contribution < -0.4 is 10.2 Å². The summed E-state index contributed by atoms with van der Waals surface area (Å²) in [5, 5.41) is 19.7. The number of carboxylic acid groups (broad SMARTS) is 2. The van der Waals surface area contributed by atoms with Crippen molar-refractivity contribution in [2.45, 2.75) is 164 Å². The van der Waals surface area contributed by atoms with Crippen LogP contribution in [0.25, 0.3) is 0 Å². The summed E-state index contributed by atoms with van der Waals surface area (Å²) in [6.45, 7) is 13.7. The third-order valence-electron chi connectivity index (χ3n) is 7.28. The van der Waals surface area contributed by atoms with Gasteiger partial charge in [0.1, 0.15) is 0 Å². The Labute approximate surface area is 296 Å². The molecule has 0 aliphatic carbocycles. The van der Waals surface area contributed by atoms with Crippen molar-refractivity contribution in [1.82, 2.24) is 0 Å². The van der Waals surface area contributed by atoms with Gasteiger partial charge < -0.3 is 19.8 Å². The quantitative estimate of drug-likeness (QED) is 0.0454. The van der Waals surface area contributed by atoms with Crippen LogP contribution in [0.4, 0.5) is 0 Å². The summed E-state index contributed by atoms with van der Waals surface area (Å²) >= 11 is 7.35. The second kappa shape index (κ2) is 36.2. The van der Waals surface area contributed by atoms with Crippen LogP contribution >= 0.6 is 25.3 Å². The van der Waals surface area contributed by atoms with Crippen molar-refractivity contribution in [1.29, 1.82) is 0 Å². The van der Waals surface area contributed by atoms with Crippen LogP contribution in [0, 0.1) is 11.8 Å². The van der Waals surface area contributed by atoms with Crippen LogP contribution in [0.5, 0.6) is 0 Å². The zero-order chi connectivity index (χ0) is 34.9. The molecule has 11 heteroatoms. The number of rotatable bonds is 26. The number of thiol groups is 2. The van der Waals surface area contributed by atoms with Gasteiger partial charge in [0.25, 0.3) is 0 Å². The number of carboxylic acids is 2. The molecule has 0 spiro atoms. The molecule has 0 aromatic heterocycles. The van der Waals surface area contributed by atoms with E-state index in [9.17, 15) is 29.4 Å². The first-order valence-electron chi connectivity index (χ1n) is 17.2. The minimum absolute atomic E-state index is 0.0835.